The van der Waals surface area contributed by atoms with Crippen molar-refractivity contribution >= 4 is 27.5 Å². The molecule has 3 unspecified atom stereocenters. The molecule has 1 amide bonds. The molecule has 4 nitrogen and oxygen atoms in total. The number of carbonyl (C=O) groups excluding carboxylic acids is 1. The Morgan fingerprint density at radius 2 is 2.19 bits per heavy atom. The maximum absolute atomic E-state index is 12.6. The molecule has 0 spiro atoms. The third kappa shape index (κ3) is 2.80. The Balaban J connectivity index is 1.77. The topological polar surface area (TPSA) is 59.2 Å². The molecular formula is C16H21N3OS. The molecule has 3 atom stereocenters. The van der Waals surface area contributed by atoms with Crippen LogP contribution in [0.3, 0.4) is 0 Å². The maximum Gasteiger partial charge on any atom is 0.226 e. The molecule has 1 fully saturated rings. The Hall–Kier alpha value is -1.46. The first-order valence-electron chi connectivity index (χ1n) is 7.44. The highest BCUT2D eigenvalue weighted by atomic mass is 32.1. The van der Waals surface area contributed by atoms with Crippen LogP contribution >= 0.6 is 11.3 Å². The second kappa shape index (κ2) is 5.73. The van der Waals surface area contributed by atoms with Gasteiger partial charge in [0.1, 0.15) is 5.01 Å². The minimum atomic E-state index is 0.00623. The van der Waals surface area contributed by atoms with Crippen molar-refractivity contribution in [3.05, 3.63) is 29.3 Å². The van der Waals surface area contributed by atoms with Crippen LogP contribution in [-0.2, 0) is 4.79 Å². The number of aromatic nitrogens is 1. The van der Waals surface area contributed by atoms with E-state index in [1.807, 2.05) is 37.1 Å². The van der Waals surface area contributed by atoms with Crippen molar-refractivity contribution in [3.8, 4) is 0 Å². The van der Waals surface area contributed by atoms with Crippen LogP contribution in [0, 0.1) is 5.92 Å². The van der Waals surface area contributed by atoms with E-state index in [1.165, 1.54) is 4.70 Å². The highest BCUT2D eigenvalue weighted by molar-refractivity contribution is 7.18. The zero-order valence-corrected chi connectivity index (χ0v) is 13.3. The SMILES string of the molecule is CC(c1nc2ccccc2s1)N(C)C(=O)C1CCC(N)C1. The molecule has 1 heterocycles. The number of nitrogens with two attached hydrogens (primary N) is 1. The molecule has 3 rings (SSSR count). The number of hydrogen-bond acceptors (Lipinski definition) is 4. The lowest BCUT2D eigenvalue weighted by Crippen LogP contribution is -2.34. The second-order valence-electron chi connectivity index (χ2n) is 5.91. The summed E-state index contributed by atoms with van der Waals surface area (Å²) in [4.78, 5) is 19.1. The van der Waals surface area contributed by atoms with E-state index in [4.69, 9.17) is 5.73 Å². The van der Waals surface area contributed by atoms with Crippen molar-refractivity contribution in [2.24, 2.45) is 11.7 Å². The smallest absolute Gasteiger partial charge is 0.226 e. The normalized spacial score (nSPS) is 23.4. The van der Waals surface area contributed by atoms with Crippen molar-refractivity contribution < 1.29 is 4.79 Å². The van der Waals surface area contributed by atoms with Crippen molar-refractivity contribution in [1.29, 1.82) is 0 Å². The van der Waals surface area contributed by atoms with Crippen LogP contribution in [0.1, 0.15) is 37.2 Å². The summed E-state index contributed by atoms with van der Waals surface area (Å²) < 4.78 is 1.17. The number of benzene rings is 1. The first-order chi connectivity index (χ1) is 10.1. The molecular weight excluding hydrogens is 282 g/mol. The molecule has 0 saturated heterocycles. The van der Waals surface area contributed by atoms with Gasteiger partial charge < -0.3 is 10.6 Å². The zero-order chi connectivity index (χ0) is 15.0. The Bertz CT molecular complexity index is 621. The molecule has 1 aliphatic rings. The van der Waals surface area contributed by atoms with Crippen LogP contribution in [0.2, 0.25) is 0 Å². The summed E-state index contributed by atoms with van der Waals surface area (Å²) in [5.41, 5.74) is 6.93. The first kappa shape index (κ1) is 14.5. The second-order valence-corrected chi connectivity index (χ2v) is 6.98. The van der Waals surface area contributed by atoms with Gasteiger partial charge in [0.2, 0.25) is 5.91 Å². The Morgan fingerprint density at radius 3 is 2.86 bits per heavy atom. The number of thiazole rings is 1. The van der Waals surface area contributed by atoms with Gasteiger partial charge in [0.05, 0.1) is 16.3 Å². The molecule has 112 valence electrons. The summed E-state index contributed by atoms with van der Waals surface area (Å²) >= 11 is 1.66. The molecule has 1 saturated carbocycles. The largest absolute Gasteiger partial charge is 0.336 e. The van der Waals surface area contributed by atoms with Crippen molar-refractivity contribution in [3.63, 3.8) is 0 Å². The number of para-hydroxylation sites is 1. The van der Waals surface area contributed by atoms with Gasteiger partial charge in [0.25, 0.3) is 0 Å². The maximum atomic E-state index is 12.6. The predicted molar refractivity (Wildman–Crippen MR) is 86.1 cm³/mol. The molecule has 0 aliphatic heterocycles. The van der Waals surface area contributed by atoms with Crippen LogP contribution < -0.4 is 5.73 Å². The van der Waals surface area contributed by atoms with Gasteiger partial charge in [-0.05, 0) is 38.3 Å². The van der Waals surface area contributed by atoms with E-state index in [9.17, 15) is 4.79 Å². The lowest BCUT2D eigenvalue weighted by molar-refractivity contribution is -0.136. The number of hydrogen-bond donors (Lipinski definition) is 1. The standard InChI is InChI=1S/C16H21N3OS/c1-10(15-18-13-5-3-4-6-14(13)21-15)19(2)16(20)11-7-8-12(17)9-11/h3-6,10-12H,7-9,17H2,1-2H3. The quantitative estimate of drug-likeness (QED) is 0.948. The molecule has 21 heavy (non-hydrogen) atoms. The highest BCUT2D eigenvalue weighted by Gasteiger charge is 2.32. The summed E-state index contributed by atoms with van der Waals surface area (Å²) in [6.07, 6.45) is 2.69. The summed E-state index contributed by atoms with van der Waals surface area (Å²) in [6, 6.07) is 8.28. The number of rotatable bonds is 3. The van der Waals surface area contributed by atoms with E-state index in [-0.39, 0.29) is 23.9 Å². The summed E-state index contributed by atoms with van der Waals surface area (Å²) in [7, 11) is 1.88. The molecule has 1 aromatic heterocycles. The lowest BCUT2D eigenvalue weighted by Gasteiger charge is -2.26. The molecule has 2 N–H and O–H groups in total. The fourth-order valence-electron chi connectivity index (χ4n) is 2.95. The number of nitrogens with zero attached hydrogens (tertiary/aromatic N) is 2. The number of fused-ring (bicyclic) bond motifs is 1. The summed E-state index contributed by atoms with van der Waals surface area (Å²) in [5, 5.41) is 0.995. The molecule has 0 radical (unpaired) electrons. The number of amides is 1. The number of carbonyl (C=O) groups is 1. The summed E-state index contributed by atoms with van der Waals surface area (Å²) in [6.45, 7) is 2.05. The Labute approximate surface area is 129 Å². The third-order valence-corrected chi connectivity index (χ3v) is 5.63. The average molecular weight is 303 g/mol. The van der Waals surface area contributed by atoms with Crippen molar-refractivity contribution in [2.75, 3.05) is 7.05 Å². The minimum absolute atomic E-state index is 0.00623. The fourth-order valence-corrected chi connectivity index (χ4v) is 4.02. The molecule has 1 aromatic carbocycles. The van der Waals surface area contributed by atoms with Gasteiger partial charge in [-0.1, -0.05) is 12.1 Å². The zero-order valence-electron chi connectivity index (χ0n) is 12.5. The lowest BCUT2D eigenvalue weighted by atomic mass is 10.1. The fraction of sp³-hybridized carbons (Fsp3) is 0.500. The van der Waals surface area contributed by atoms with E-state index in [0.29, 0.717) is 0 Å². The third-order valence-electron chi connectivity index (χ3n) is 4.42. The van der Waals surface area contributed by atoms with Crippen LogP contribution in [0.5, 0.6) is 0 Å². The molecule has 2 aromatic rings. The Morgan fingerprint density at radius 1 is 1.43 bits per heavy atom. The molecule has 1 aliphatic carbocycles. The van der Waals surface area contributed by atoms with Crippen molar-refractivity contribution in [2.45, 2.75) is 38.3 Å². The first-order valence-corrected chi connectivity index (χ1v) is 8.25. The Kier molecular flexibility index (Phi) is 3.95. The summed E-state index contributed by atoms with van der Waals surface area (Å²) in [5.74, 6) is 0.288. The van der Waals surface area contributed by atoms with Gasteiger partial charge in [-0.15, -0.1) is 11.3 Å². The van der Waals surface area contributed by atoms with Gasteiger partial charge in [0, 0.05) is 19.0 Å². The predicted octanol–water partition coefficient (Wildman–Crippen LogP) is 2.94. The van der Waals surface area contributed by atoms with Gasteiger partial charge in [-0.25, -0.2) is 4.98 Å². The van der Waals surface area contributed by atoms with Crippen LogP contribution in [0.15, 0.2) is 24.3 Å². The molecule has 0 bridgehead atoms. The van der Waals surface area contributed by atoms with Gasteiger partial charge in [-0.3, -0.25) is 4.79 Å². The highest BCUT2D eigenvalue weighted by Crippen LogP contribution is 2.32. The van der Waals surface area contributed by atoms with E-state index in [1.54, 1.807) is 11.3 Å². The van der Waals surface area contributed by atoms with Gasteiger partial charge in [-0.2, -0.15) is 0 Å². The van der Waals surface area contributed by atoms with Crippen molar-refractivity contribution in [1.82, 2.24) is 9.88 Å². The van der Waals surface area contributed by atoms with Crippen LogP contribution in [0.4, 0.5) is 0 Å². The van der Waals surface area contributed by atoms with Crippen LogP contribution in [-0.4, -0.2) is 28.9 Å². The van der Waals surface area contributed by atoms with Gasteiger partial charge in [0.15, 0.2) is 0 Å². The van der Waals surface area contributed by atoms with E-state index < -0.39 is 0 Å². The van der Waals surface area contributed by atoms with E-state index in [2.05, 4.69) is 11.1 Å². The van der Waals surface area contributed by atoms with Gasteiger partial charge >= 0.3 is 0 Å². The van der Waals surface area contributed by atoms with Crippen LogP contribution in [0.25, 0.3) is 10.2 Å². The van der Waals surface area contributed by atoms with E-state index in [0.717, 1.165) is 29.8 Å². The monoisotopic (exact) mass is 303 g/mol. The average Bonchev–Trinajstić information content (AvgIpc) is 3.10. The minimum Gasteiger partial charge on any atom is -0.336 e. The van der Waals surface area contributed by atoms with E-state index >= 15 is 0 Å². The molecule has 5 heteroatoms.